The highest BCUT2D eigenvalue weighted by Gasteiger charge is 2.32. The van der Waals surface area contributed by atoms with Gasteiger partial charge in [0.05, 0.1) is 28.6 Å². The third-order valence-corrected chi connectivity index (χ3v) is 5.24. The van der Waals surface area contributed by atoms with Crippen molar-refractivity contribution in [2.45, 2.75) is 18.6 Å². The van der Waals surface area contributed by atoms with Crippen LogP contribution >= 0.6 is 11.6 Å². The second-order valence-corrected chi connectivity index (χ2v) is 7.71. The molecule has 0 saturated carbocycles. The zero-order valence-corrected chi connectivity index (χ0v) is 13.2. The maximum absolute atomic E-state index is 12.5. The molecule has 1 saturated heterocycles. The summed E-state index contributed by atoms with van der Waals surface area (Å²) in [5, 5.41) is 4.77. The van der Waals surface area contributed by atoms with Crippen molar-refractivity contribution in [1.82, 2.24) is 10.3 Å². The molecule has 2 N–H and O–H groups in total. The Morgan fingerprint density at radius 2 is 2.13 bits per heavy atom. The monoisotopic (exact) mass is 371 g/mol. The van der Waals surface area contributed by atoms with Crippen LogP contribution in [0, 0.1) is 0 Å². The van der Waals surface area contributed by atoms with E-state index in [2.05, 4.69) is 15.6 Å². The summed E-state index contributed by atoms with van der Waals surface area (Å²) in [6, 6.07) is 0.253. The van der Waals surface area contributed by atoms with Crippen LogP contribution in [0.4, 0.5) is 19.0 Å². The van der Waals surface area contributed by atoms with E-state index in [1.54, 1.807) is 0 Å². The number of sulfone groups is 1. The highest BCUT2D eigenvalue weighted by atomic mass is 35.5. The molecule has 0 spiro atoms. The summed E-state index contributed by atoms with van der Waals surface area (Å²) < 4.78 is 60.0. The number of carbonyl (C=O) groups is 1. The first-order chi connectivity index (χ1) is 10.6. The van der Waals surface area contributed by atoms with Crippen LogP contribution in [0.1, 0.15) is 12.0 Å². The maximum Gasteiger partial charge on any atom is 0.417 e. The molecule has 1 aliphatic rings. The maximum atomic E-state index is 12.5. The number of anilines is 1. The SMILES string of the molecule is O=C(CNc1ncc(C(F)(F)F)cc1Cl)N[C@@H]1CCS(=O)(=O)C1. The number of carbonyl (C=O) groups excluding carboxylic acids is 1. The standard InChI is InChI=1S/C12H13ClF3N3O3S/c13-9-3-7(12(14,15)16)4-17-11(9)18-5-10(20)19-8-1-2-23(21,22)6-8/h3-4,8H,1-2,5-6H2,(H,17,18)(H,19,20)/t8-/m1/s1. The molecule has 2 heterocycles. The molecule has 0 aromatic carbocycles. The van der Waals surface area contributed by atoms with E-state index in [1.165, 1.54) is 0 Å². The Bertz CT molecular complexity index is 709. The summed E-state index contributed by atoms with van der Waals surface area (Å²) in [5.74, 6) is -0.644. The van der Waals surface area contributed by atoms with Crippen molar-refractivity contribution in [2.24, 2.45) is 0 Å². The predicted octanol–water partition coefficient (Wildman–Crippen LogP) is 1.47. The molecule has 1 atom stereocenters. The minimum Gasteiger partial charge on any atom is -0.360 e. The van der Waals surface area contributed by atoms with Gasteiger partial charge in [0.15, 0.2) is 9.84 Å². The zero-order chi connectivity index (χ0) is 17.3. The van der Waals surface area contributed by atoms with Gasteiger partial charge in [-0.05, 0) is 12.5 Å². The van der Waals surface area contributed by atoms with Crippen LogP contribution in [0.15, 0.2) is 12.3 Å². The number of halogens is 4. The van der Waals surface area contributed by atoms with Gasteiger partial charge in [0.25, 0.3) is 0 Å². The van der Waals surface area contributed by atoms with Crippen molar-refractivity contribution in [2.75, 3.05) is 23.4 Å². The fourth-order valence-electron chi connectivity index (χ4n) is 2.07. The van der Waals surface area contributed by atoms with E-state index in [0.29, 0.717) is 18.7 Å². The Balaban J connectivity index is 1.90. The molecule has 23 heavy (non-hydrogen) atoms. The molecule has 1 aromatic heterocycles. The lowest BCUT2D eigenvalue weighted by atomic mass is 10.2. The second kappa shape index (κ2) is 6.52. The van der Waals surface area contributed by atoms with Gasteiger partial charge in [0.1, 0.15) is 5.82 Å². The first-order valence-corrected chi connectivity index (χ1v) is 8.73. The molecule has 0 radical (unpaired) electrons. The quantitative estimate of drug-likeness (QED) is 0.836. The predicted molar refractivity (Wildman–Crippen MR) is 77.9 cm³/mol. The number of hydrogen-bond acceptors (Lipinski definition) is 5. The van der Waals surface area contributed by atoms with Crippen LogP contribution < -0.4 is 10.6 Å². The fraction of sp³-hybridized carbons (Fsp3) is 0.500. The molecule has 128 valence electrons. The minimum absolute atomic E-state index is 0.0255. The van der Waals surface area contributed by atoms with E-state index in [9.17, 15) is 26.4 Å². The lowest BCUT2D eigenvalue weighted by Crippen LogP contribution is -2.39. The average Bonchev–Trinajstić information content (AvgIpc) is 2.75. The molecule has 0 unspecified atom stereocenters. The largest absolute Gasteiger partial charge is 0.417 e. The number of alkyl halides is 3. The number of nitrogens with zero attached hydrogens (tertiary/aromatic N) is 1. The van der Waals surface area contributed by atoms with Gasteiger partial charge in [-0.2, -0.15) is 13.2 Å². The molecule has 11 heteroatoms. The third kappa shape index (κ3) is 4.96. The van der Waals surface area contributed by atoms with E-state index in [4.69, 9.17) is 11.6 Å². The Kier molecular flexibility index (Phi) is 5.04. The lowest BCUT2D eigenvalue weighted by molar-refractivity contribution is -0.137. The first kappa shape index (κ1) is 17.8. The molecule has 0 bridgehead atoms. The van der Waals surface area contributed by atoms with Crippen molar-refractivity contribution in [3.63, 3.8) is 0 Å². The number of amides is 1. The van der Waals surface area contributed by atoms with Crippen LogP contribution in [0.3, 0.4) is 0 Å². The van der Waals surface area contributed by atoms with Crippen molar-refractivity contribution in [3.8, 4) is 0 Å². The molecule has 1 aliphatic heterocycles. The smallest absolute Gasteiger partial charge is 0.360 e. The summed E-state index contributed by atoms with van der Waals surface area (Å²) in [6.45, 7) is -0.283. The number of hydrogen-bond donors (Lipinski definition) is 2. The van der Waals surface area contributed by atoms with Gasteiger partial charge in [-0.25, -0.2) is 13.4 Å². The Hall–Kier alpha value is -1.55. The summed E-state index contributed by atoms with van der Waals surface area (Å²) in [4.78, 5) is 15.2. The van der Waals surface area contributed by atoms with Crippen molar-refractivity contribution in [3.05, 3.63) is 22.8 Å². The van der Waals surface area contributed by atoms with Crippen LogP contribution in [0.25, 0.3) is 0 Å². The van der Waals surface area contributed by atoms with Gasteiger partial charge >= 0.3 is 6.18 Å². The van der Waals surface area contributed by atoms with Gasteiger partial charge in [-0.15, -0.1) is 0 Å². The summed E-state index contributed by atoms with van der Waals surface area (Å²) in [5.41, 5.74) is -0.992. The minimum atomic E-state index is -4.56. The van der Waals surface area contributed by atoms with Crippen molar-refractivity contribution < 1.29 is 26.4 Å². The Morgan fingerprint density at radius 3 is 2.65 bits per heavy atom. The number of rotatable bonds is 4. The van der Waals surface area contributed by atoms with E-state index < -0.39 is 33.5 Å². The number of aromatic nitrogens is 1. The summed E-state index contributed by atoms with van der Waals surface area (Å²) >= 11 is 5.69. The molecular weight excluding hydrogens is 359 g/mol. The van der Waals surface area contributed by atoms with Gasteiger partial charge in [0, 0.05) is 12.2 Å². The van der Waals surface area contributed by atoms with Crippen LogP contribution in [-0.2, 0) is 20.8 Å². The molecule has 1 amide bonds. The van der Waals surface area contributed by atoms with E-state index >= 15 is 0 Å². The van der Waals surface area contributed by atoms with E-state index in [0.717, 1.165) is 0 Å². The van der Waals surface area contributed by atoms with Crippen LogP contribution in [0.2, 0.25) is 5.02 Å². The van der Waals surface area contributed by atoms with Crippen LogP contribution in [0.5, 0.6) is 0 Å². The van der Waals surface area contributed by atoms with Crippen molar-refractivity contribution in [1.29, 1.82) is 0 Å². The van der Waals surface area contributed by atoms with Gasteiger partial charge < -0.3 is 10.6 Å². The summed E-state index contributed by atoms with van der Waals surface area (Å²) in [6.07, 6.45) is -3.61. The molecule has 2 rings (SSSR count). The molecule has 1 fully saturated rings. The zero-order valence-electron chi connectivity index (χ0n) is 11.7. The normalized spacial score (nSPS) is 20.3. The highest BCUT2D eigenvalue weighted by Crippen LogP contribution is 2.32. The van der Waals surface area contributed by atoms with Crippen LogP contribution in [-0.4, -0.2) is 43.4 Å². The molecular formula is C12H13ClF3N3O3S. The van der Waals surface area contributed by atoms with Gasteiger partial charge in [-0.3, -0.25) is 4.79 Å². The third-order valence-electron chi connectivity index (χ3n) is 3.18. The lowest BCUT2D eigenvalue weighted by Gasteiger charge is -2.13. The second-order valence-electron chi connectivity index (χ2n) is 5.07. The number of nitrogens with one attached hydrogen (secondary N) is 2. The van der Waals surface area contributed by atoms with E-state index in [1.807, 2.05) is 0 Å². The fourth-order valence-corrected chi connectivity index (χ4v) is 3.98. The Labute approximate surface area is 135 Å². The number of pyridine rings is 1. The molecule has 0 aliphatic carbocycles. The van der Waals surface area contributed by atoms with E-state index in [-0.39, 0.29) is 28.9 Å². The Morgan fingerprint density at radius 1 is 1.43 bits per heavy atom. The van der Waals surface area contributed by atoms with Gasteiger partial charge in [-0.1, -0.05) is 11.6 Å². The molecule has 6 nitrogen and oxygen atoms in total. The first-order valence-electron chi connectivity index (χ1n) is 6.53. The van der Waals surface area contributed by atoms with Crippen molar-refractivity contribution >= 4 is 33.2 Å². The molecule has 1 aromatic rings. The summed E-state index contributed by atoms with van der Waals surface area (Å²) in [7, 11) is -3.11. The van der Waals surface area contributed by atoms with Gasteiger partial charge in [0.2, 0.25) is 5.91 Å². The topological polar surface area (TPSA) is 88.2 Å². The highest BCUT2D eigenvalue weighted by molar-refractivity contribution is 7.91. The average molecular weight is 372 g/mol.